The molecule has 1 unspecified atom stereocenters. The van der Waals surface area contributed by atoms with Gasteiger partial charge in [-0.15, -0.1) is 0 Å². The summed E-state index contributed by atoms with van der Waals surface area (Å²) in [4.78, 5) is 0. The van der Waals surface area contributed by atoms with E-state index in [2.05, 4.69) is 0 Å². The van der Waals surface area contributed by atoms with Gasteiger partial charge in [0.1, 0.15) is 6.04 Å². The second-order valence-corrected chi connectivity index (χ2v) is 5.77. The normalized spacial score (nSPS) is 13.4. The minimum absolute atomic E-state index is 0.690. The molecule has 0 aliphatic rings. The number of hydrogen-bond donors (Lipinski definition) is 0. The van der Waals surface area contributed by atoms with Gasteiger partial charge in [0.15, 0.2) is 0 Å². The van der Waals surface area contributed by atoms with Gasteiger partial charge in [-0.2, -0.15) is 9.57 Å². The minimum atomic E-state index is -3.36. The summed E-state index contributed by atoms with van der Waals surface area (Å²) in [7, 11) is -1.96. The molecular formula is C11H14N2O2S. The van der Waals surface area contributed by atoms with Crippen LogP contribution in [-0.4, -0.2) is 26.0 Å². The van der Waals surface area contributed by atoms with Crippen molar-refractivity contribution in [3.63, 3.8) is 0 Å². The summed E-state index contributed by atoms with van der Waals surface area (Å²) in [5, 5.41) is 9.05. The molecule has 5 heteroatoms. The smallest absolute Gasteiger partial charge is 0.212 e. The zero-order chi connectivity index (χ0) is 12.3. The molecule has 0 bridgehead atoms. The van der Waals surface area contributed by atoms with Crippen LogP contribution in [0.5, 0.6) is 0 Å². The van der Waals surface area contributed by atoms with Gasteiger partial charge in [-0.05, 0) is 12.5 Å². The molecule has 0 N–H and O–H groups in total. The van der Waals surface area contributed by atoms with Crippen molar-refractivity contribution < 1.29 is 8.42 Å². The second kappa shape index (κ2) is 4.64. The van der Waals surface area contributed by atoms with E-state index in [1.54, 1.807) is 6.07 Å². The average Bonchev–Trinajstić information content (AvgIpc) is 2.17. The Kier molecular flexibility index (Phi) is 3.68. The molecule has 0 saturated heterocycles. The van der Waals surface area contributed by atoms with Crippen molar-refractivity contribution in [2.45, 2.75) is 13.0 Å². The summed E-state index contributed by atoms with van der Waals surface area (Å²) in [6.07, 6.45) is 1.09. The van der Waals surface area contributed by atoms with E-state index in [0.717, 1.165) is 16.1 Å². The van der Waals surface area contributed by atoms with Crippen LogP contribution < -0.4 is 0 Å². The van der Waals surface area contributed by atoms with Crippen LogP contribution >= 0.6 is 0 Å². The predicted octanol–water partition coefficient (Wildman–Crippen LogP) is 1.45. The first-order chi connectivity index (χ1) is 7.36. The van der Waals surface area contributed by atoms with Gasteiger partial charge in [-0.1, -0.05) is 29.8 Å². The highest BCUT2D eigenvalue weighted by molar-refractivity contribution is 7.88. The lowest BCUT2D eigenvalue weighted by Gasteiger charge is -2.20. The maximum absolute atomic E-state index is 11.4. The topological polar surface area (TPSA) is 61.2 Å². The highest BCUT2D eigenvalue weighted by Gasteiger charge is 2.23. The molecule has 1 aromatic rings. The quantitative estimate of drug-likeness (QED) is 0.800. The summed E-state index contributed by atoms with van der Waals surface area (Å²) in [6.45, 7) is 1.90. The summed E-state index contributed by atoms with van der Waals surface area (Å²) >= 11 is 0. The molecule has 0 radical (unpaired) electrons. The fourth-order valence-corrected chi connectivity index (χ4v) is 1.95. The summed E-state index contributed by atoms with van der Waals surface area (Å²) in [6, 6.07) is 8.51. The van der Waals surface area contributed by atoms with E-state index in [0.29, 0.717) is 5.56 Å². The van der Waals surface area contributed by atoms with Crippen LogP contribution in [0.2, 0.25) is 0 Å². The van der Waals surface area contributed by atoms with Crippen molar-refractivity contribution in [1.82, 2.24) is 4.31 Å². The molecule has 0 aromatic heterocycles. The van der Waals surface area contributed by atoms with Crippen molar-refractivity contribution in [3.8, 4) is 6.07 Å². The van der Waals surface area contributed by atoms with Gasteiger partial charge in [0.2, 0.25) is 10.0 Å². The van der Waals surface area contributed by atoms with Crippen LogP contribution in [-0.2, 0) is 10.0 Å². The van der Waals surface area contributed by atoms with Gasteiger partial charge < -0.3 is 0 Å². The molecule has 0 heterocycles. The first kappa shape index (κ1) is 12.7. The number of hydrogen-bond acceptors (Lipinski definition) is 3. The third kappa shape index (κ3) is 2.81. The Morgan fingerprint density at radius 1 is 1.44 bits per heavy atom. The molecule has 0 spiro atoms. The third-order valence-corrected chi connectivity index (χ3v) is 3.62. The molecule has 1 atom stereocenters. The van der Waals surface area contributed by atoms with Crippen LogP contribution in [0.3, 0.4) is 0 Å². The monoisotopic (exact) mass is 238 g/mol. The summed E-state index contributed by atoms with van der Waals surface area (Å²) in [5.74, 6) is 0. The van der Waals surface area contributed by atoms with Gasteiger partial charge in [-0.25, -0.2) is 8.42 Å². The van der Waals surface area contributed by atoms with E-state index in [1.165, 1.54) is 7.05 Å². The van der Waals surface area contributed by atoms with Crippen LogP contribution in [0.25, 0.3) is 0 Å². The third-order valence-electron chi connectivity index (χ3n) is 2.37. The molecule has 0 amide bonds. The van der Waals surface area contributed by atoms with E-state index in [4.69, 9.17) is 5.26 Å². The zero-order valence-electron chi connectivity index (χ0n) is 9.51. The van der Waals surface area contributed by atoms with Crippen molar-refractivity contribution in [2.24, 2.45) is 0 Å². The molecule has 0 fully saturated rings. The Hall–Kier alpha value is -1.38. The molecule has 0 aliphatic heterocycles. The molecule has 0 saturated carbocycles. The standard InChI is InChI=1S/C11H14N2O2S/c1-9-5-4-6-10(7-9)11(8-12)13(2)16(3,14)15/h4-7,11H,1-3H3. The number of aryl methyl sites for hydroxylation is 1. The molecule has 1 rings (SSSR count). The van der Waals surface area contributed by atoms with E-state index >= 15 is 0 Å². The van der Waals surface area contributed by atoms with Crippen LogP contribution in [0.15, 0.2) is 24.3 Å². The van der Waals surface area contributed by atoms with Gasteiger partial charge in [0.25, 0.3) is 0 Å². The molecule has 4 nitrogen and oxygen atoms in total. The number of nitriles is 1. The fraction of sp³-hybridized carbons (Fsp3) is 0.364. The zero-order valence-corrected chi connectivity index (χ0v) is 10.3. The van der Waals surface area contributed by atoms with Crippen molar-refractivity contribution in [3.05, 3.63) is 35.4 Å². The largest absolute Gasteiger partial charge is 0.212 e. The van der Waals surface area contributed by atoms with Crippen LogP contribution in [0.1, 0.15) is 17.2 Å². The number of benzene rings is 1. The van der Waals surface area contributed by atoms with Crippen molar-refractivity contribution in [1.29, 1.82) is 5.26 Å². The first-order valence-electron chi connectivity index (χ1n) is 4.75. The Balaban J connectivity index is 3.15. The SMILES string of the molecule is Cc1cccc(C(C#N)N(C)S(C)(=O)=O)c1. The summed E-state index contributed by atoms with van der Waals surface area (Å²) in [5.41, 5.74) is 1.69. The molecule has 1 aromatic carbocycles. The lowest BCUT2D eigenvalue weighted by atomic mass is 10.1. The van der Waals surface area contributed by atoms with E-state index in [-0.39, 0.29) is 0 Å². The molecule has 0 aliphatic carbocycles. The van der Waals surface area contributed by atoms with Crippen LogP contribution in [0, 0.1) is 18.3 Å². The van der Waals surface area contributed by atoms with Crippen molar-refractivity contribution >= 4 is 10.0 Å². The number of sulfonamides is 1. The number of rotatable bonds is 3. The maximum Gasteiger partial charge on any atom is 0.212 e. The number of nitrogens with zero attached hydrogens (tertiary/aromatic N) is 2. The molecule has 16 heavy (non-hydrogen) atoms. The lowest BCUT2D eigenvalue weighted by Crippen LogP contribution is -2.29. The van der Waals surface area contributed by atoms with E-state index < -0.39 is 16.1 Å². The minimum Gasteiger partial charge on any atom is -0.212 e. The Labute approximate surface area is 96.2 Å². The van der Waals surface area contributed by atoms with Gasteiger partial charge >= 0.3 is 0 Å². The highest BCUT2D eigenvalue weighted by atomic mass is 32.2. The Bertz CT molecular complexity index is 517. The fourth-order valence-electron chi connectivity index (χ4n) is 1.40. The highest BCUT2D eigenvalue weighted by Crippen LogP contribution is 2.21. The Morgan fingerprint density at radius 3 is 2.50 bits per heavy atom. The Morgan fingerprint density at radius 2 is 2.06 bits per heavy atom. The van der Waals surface area contributed by atoms with Crippen LogP contribution in [0.4, 0.5) is 0 Å². The average molecular weight is 238 g/mol. The van der Waals surface area contributed by atoms with Gasteiger partial charge in [0.05, 0.1) is 12.3 Å². The van der Waals surface area contributed by atoms with Gasteiger partial charge in [0, 0.05) is 7.05 Å². The molecule has 86 valence electrons. The molecular weight excluding hydrogens is 224 g/mol. The first-order valence-corrected chi connectivity index (χ1v) is 6.60. The van der Waals surface area contributed by atoms with Crippen molar-refractivity contribution in [2.75, 3.05) is 13.3 Å². The van der Waals surface area contributed by atoms with Gasteiger partial charge in [-0.3, -0.25) is 0 Å². The summed E-state index contributed by atoms with van der Waals surface area (Å²) < 4.78 is 23.8. The predicted molar refractivity (Wildman–Crippen MR) is 62.1 cm³/mol. The second-order valence-electron chi connectivity index (χ2n) is 3.72. The lowest BCUT2D eigenvalue weighted by molar-refractivity contribution is 0.436. The maximum atomic E-state index is 11.4. The van der Waals surface area contributed by atoms with E-state index in [9.17, 15) is 8.42 Å². The van der Waals surface area contributed by atoms with E-state index in [1.807, 2.05) is 31.2 Å².